The van der Waals surface area contributed by atoms with Crippen LogP contribution in [0.4, 0.5) is 5.69 Å². The van der Waals surface area contributed by atoms with Crippen LogP contribution in [-0.4, -0.2) is 36.5 Å². The molecule has 1 N–H and O–H groups in total. The Kier molecular flexibility index (Phi) is 4.13. The standard InChI is InChI=1S/C13H20N2S/c1-15(2)9-11-4-3-5-12(8-11)14-13-6-7-16-10-13/h3-5,8,13-14H,6-7,9-10H2,1-2H3. The van der Waals surface area contributed by atoms with Crippen LogP contribution < -0.4 is 5.32 Å². The second-order valence-corrected chi connectivity index (χ2v) is 5.79. The maximum atomic E-state index is 3.62. The van der Waals surface area contributed by atoms with Crippen LogP contribution in [0.1, 0.15) is 12.0 Å². The van der Waals surface area contributed by atoms with E-state index in [1.54, 1.807) is 0 Å². The van der Waals surface area contributed by atoms with Gasteiger partial charge < -0.3 is 10.2 Å². The van der Waals surface area contributed by atoms with Gasteiger partial charge in [-0.15, -0.1) is 0 Å². The highest BCUT2D eigenvalue weighted by atomic mass is 32.2. The maximum absolute atomic E-state index is 3.62. The predicted octanol–water partition coefficient (Wildman–Crippen LogP) is 2.67. The zero-order valence-electron chi connectivity index (χ0n) is 10.1. The minimum absolute atomic E-state index is 0.666. The molecule has 1 aliphatic rings. The first kappa shape index (κ1) is 11.8. The third kappa shape index (κ3) is 3.42. The lowest BCUT2D eigenvalue weighted by atomic mass is 10.1. The van der Waals surface area contributed by atoms with Crippen molar-refractivity contribution in [2.45, 2.75) is 19.0 Å². The fourth-order valence-electron chi connectivity index (χ4n) is 2.01. The molecule has 0 spiro atoms. The molecule has 0 amide bonds. The van der Waals surface area contributed by atoms with Crippen LogP contribution in [0.25, 0.3) is 0 Å². The van der Waals surface area contributed by atoms with Gasteiger partial charge in [0.1, 0.15) is 0 Å². The number of hydrogen-bond acceptors (Lipinski definition) is 3. The van der Waals surface area contributed by atoms with E-state index in [-0.39, 0.29) is 0 Å². The summed E-state index contributed by atoms with van der Waals surface area (Å²) in [4.78, 5) is 2.20. The van der Waals surface area contributed by atoms with E-state index in [0.29, 0.717) is 6.04 Å². The Balaban J connectivity index is 1.97. The topological polar surface area (TPSA) is 15.3 Å². The molecule has 1 atom stereocenters. The summed E-state index contributed by atoms with van der Waals surface area (Å²) in [6, 6.07) is 9.43. The van der Waals surface area contributed by atoms with Crippen LogP contribution in [0.2, 0.25) is 0 Å². The van der Waals surface area contributed by atoms with Crippen LogP contribution in [0.3, 0.4) is 0 Å². The van der Waals surface area contributed by atoms with Gasteiger partial charge in [0.15, 0.2) is 0 Å². The summed E-state index contributed by atoms with van der Waals surface area (Å²) >= 11 is 2.05. The molecule has 2 rings (SSSR count). The zero-order chi connectivity index (χ0) is 11.4. The van der Waals surface area contributed by atoms with E-state index in [2.05, 4.69) is 48.6 Å². The van der Waals surface area contributed by atoms with Crippen molar-refractivity contribution in [1.82, 2.24) is 4.90 Å². The number of hydrogen-bond donors (Lipinski definition) is 1. The van der Waals surface area contributed by atoms with Crippen molar-refractivity contribution in [3.8, 4) is 0 Å². The molecule has 2 nitrogen and oxygen atoms in total. The summed E-state index contributed by atoms with van der Waals surface area (Å²) in [6.45, 7) is 1.01. The molecule has 1 heterocycles. The van der Waals surface area contributed by atoms with Crippen LogP contribution >= 0.6 is 11.8 Å². The Labute approximate surface area is 102 Å². The monoisotopic (exact) mass is 236 g/mol. The van der Waals surface area contributed by atoms with E-state index in [4.69, 9.17) is 0 Å². The molecule has 1 unspecified atom stereocenters. The number of anilines is 1. The number of benzene rings is 1. The fourth-order valence-corrected chi connectivity index (χ4v) is 3.16. The van der Waals surface area contributed by atoms with Gasteiger partial charge in [0.05, 0.1) is 0 Å². The first-order valence-electron chi connectivity index (χ1n) is 5.82. The molecule has 1 aliphatic heterocycles. The smallest absolute Gasteiger partial charge is 0.0359 e. The van der Waals surface area contributed by atoms with Crippen molar-refractivity contribution in [1.29, 1.82) is 0 Å². The lowest BCUT2D eigenvalue weighted by molar-refractivity contribution is 0.402. The Morgan fingerprint density at radius 1 is 1.44 bits per heavy atom. The van der Waals surface area contributed by atoms with E-state index in [0.717, 1.165) is 6.54 Å². The quantitative estimate of drug-likeness (QED) is 0.865. The minimum Gasteiger partial charge on any atom is -0.381 e. The summed E-state index contributed by atoms with van der Waals surface area (Å²) in [7, 11) is 4.21. The van der Waals surface area contributed by atoms with Gasteiger partial charge in [-0.25, -0.2) is 0 Å². The summed E-state index contributed by atoms with van der Waals surface area (Å²) in [5, 5.41) is 3.62. The van der Waals surface area contributed by atoms with E-state index in [9.17, 15) is 0 Å². The number of thioether (sulfide) groups is 1. The van der Waals surface area contributed by atoms with Crippen LogP contribution in [-0.2, 0) is 6.54 Å². The molecule has 1 fully saturated rings. The molecule has 0 aromatic heterocycles. The van der Waals surface area contributed by atoms with E-state index >= 15 is 0 Å². The molecule has 16 heavy (non-hydrogen) atoms. The Morgan fingerprint density at radius 3 is 3.00 bits per heavy atom. The summed E-state index contributed by atoms with van der Waals surface area (Å²) in [5.41, 5.74) is 2.65. The van der Waals surface area contributed by atoms with Crippen molar-refractivity contribution in [3.63, 3.8) is 0 Å². The largest absolute Gasteiger partial charge is 0.381 e. The third-order valence-corrected chi connectivity index (χ3v) is 3.89. The van der Waals surface area contributed by atoms with Crippen molar-refractivity contribution < 1.29 is 0 Å². The van der Waals surface area contributed by atoms with E-state index in [1.807, 2.05) is 11.8 Å². The zero-order valence-corrected chi connectivity index (χ0v) is 10.9. The molecule has 1 saturated heterocycles. The first-order valence-corrected chi connectivity index (χ1v) is 6.97. The predicted molar refractivity (Wildman–Crippen MR) is 73.2 cm³/mol. The molecular weight excluding hydrogens is 216 g/mol. The normalized spacial score (nSPS) is 20.3. The minimum atomic E-state index is 0.666. The first-order chi connectivity index (χ1) is 7.74. The number of nitrogens with zero attached hydrogens (tertiary/aromatic N) is 1. The Hall–Kier alpha value is -0.670. The molecule has 1 aromatic carbocycles. The van der Waals surface area contributed by atoms with Gasteiger partial charge >= 0.3 is 0 Å². The van der Waals surface area contributed by atoms with Gasteiger partial charge in [0, 0.05) is 24.0 Å². The lowest BCUT2D eigenvalue weighted by Gasteiger charge is -2.15. The van der Waals surface area contributed by atoms with E-state index < -0.39 is 0 Å². The molecule has 3 heteroatoms. The molecular formula is C13H20N2S. The summed E-state index contributed by atoms with van der Waals surface area (Å²) in [6.07, 6.45) is 1.29. The average molecular weight is 236 g/mol. The van der Waals surface area contributed by atoms with Crippen molar-refractivity contribution in [2.75, 3.05) is 30.9 Å². The Bertz CT molecular complexity index is 332. The van der Waals surface area contributed by atoms with Crippen LogP contribution in [0, 0.1) is 0 Å². The molecule has 1 aromatic rings. The molecule has 88 valence electrons. The second-order valence-electron chi connectivity index (χ2n) is 4.64. The van der Waals surface area contributed by atoms with Crippen molar-refractivity contribution in [2.24, 2.45) is 0 Å². The highest BCUT2D eigenvalue weighted by Gasteiger charge is 2.14. The van der Waals surface area contributed by atoms with Crippen molar-refractivity contribution in [3.05, 3.63) is 29.8 Å². The van der Waals surface area contributed by atoms with Gasteiger partial charge in [-0.3, -0.25) is 0 Å². The highest BCUT2D eigenvalue weighted by molar-refractivity contribution is 7.99. The molecule has 0 aliphatic carbocycles. The van der Waals surface area contributed by atoms with Gasteiger partial charge in [-0.2, -0.15) is 11.8 Å². The summed E-state index contributed by atoms with van der Waals surface area (Å²) < 4.78 is 0. The summed E-state index contributed by atoms with van der Waals surface area (Å²) in [5.74, 6) is 2.55. The van der Waals surface area contributed by atoms with Gasteiger partial charge in [0.25, 0.3) is 0 Å². The van der Waals surface area contributed by atoms with Crippen molar-refractivity contribution >= 4 is 17.4 Å². The average Bonchev–Trinajstić information content (AvgIpc) is 2.70. The number of rotatable bonds is 4. The van der Waals surface area contributed by atoms with Gasteiger partial charge in [0.2, 0.25) is 0 Å². The van der Waals surface area contributed by atoms with Crippen LogP contribution in [0.5, 0.6) is 0 Å². The molecule has 0 bridgehead atoms. The van der Waals surface area contributed by atoms with Gasteiger partial charge in [-0.05, 0) is 44.0 Å². The highest BCUT2D eigenvalue weighted by Crippen LogP contribution is 2.22. The SMILES string of the molecule is CN(C)Cc1cccc(NC2CCSC2)c1. The third-order valence-electron chi connectivity index (χ3n) is 2.73. The molecule has 0 saturated carbocycles. The van der Waals surface area contributed by atoms with Crippen LogP contribution in [0.15, 0.2) is 24.3 Å². The Morgan fingerprint density at radius 2 is 2.31 bits per heavy atom. The lowest BCUT2D eigenvalue weighted by Crippen LogP contribution is -2.18. The second kappa shape index (κ2) is 5.60. The number of nitrogens with one attached hydrogen (secondary N) is 1. The van der Waals surface area contributed by atoms with E-state index in [1.165, 1.54) is 29.2 Å². The van der Waals surface area contributed by atoms with Gasteiger partial charge in [-0.1, -0.05) is 12.1 Å². The fraction of sp³-hybridized carbons (Fsp3) is 0.538. The maximum Gasteiger partial charge on any atom is 0.0359 e. The molecule has 0 radical (unpaired) electrons.